The molecule has 0 radical (unpaired) electrons. The number of carbonyl (C=O) groups is 1. The standard InChI is InChI=1S/C18H26N6O2/c1-12-15(13(2)23(3)22-12)7-21-18(25)16-10-24(9-14(16)11-26-4)17-8-19-5-6-20-17/h5-6,8,14,16H,7,9-11H2,1-4H3,(H,21,25)/t14-,16+/m0/s1. The van der Waals surface area contributed by atoms with Gasteiger partial charge in [-0.2, -0.15) is 5.10 Å². The number of nitrogens with zero attached hydrogens (tertiary/aromatic N) is 5. The van der Waals surface area contributed by atoms with Crippen LogP contribution in [0, 0.1) is 25.7 Å². The minimum Gasteiger partial charge on any atom is -0.384 e. The molecule has 3 heterocycles. The van der Waals surface area contributed by atoms with E-state index in [4.69, 9.17) is 4.74 Å². The first kappa shape index (κ1) is 18.3. The second-order valence-corrected chi connectivity index (χ2v) is 6.78. The molecule has 2 atom stereocenters. The third kappa shape index (κ3) is 3.70. The van der Waals surface area contributed by atoms with Crippen LogP contribution in [-0.2, 0) is 23.1 Å². The van der Waals surface area contributed by atoms with E-state index in [1.165, 1.54) is 0 Å². The summed E-state index contributed by atoms with van der Waals surface area (Å²) in [5, 5.41) is 7.49. The number of anilines is 1. The topological polar surface area (TPSA) is 85.2 Å². The molecule has 8 heteroatoms. The minimum atomic E-state index is -0.144. The van der Waals surface area contributed by atoms with Crippen molar-refractivity contribution in [3.8, 4) is 0 Å². The van der Waals surface area contributed by atoms with E-state index in [-0.39, 0.29) is 17.7 Å². The van der Waals surface area contributed by atoms with Crippen LogP contribution < -0.4 is 10.2 Å². The Morgan fingerprint density at radius 3 is 2.77 bits per heavy atom. The molecule has 1 aliphatic heterocycles. The maximum atomic E-state index is 12.9. The summed E-state index contributed by atoms with van der Waals surface area (Å²) in [6, 6.07) is 0. The Morgan fingerprint density at radius 2 is 2.15 bits per heavy atom. The Morgan fingerprint density at radius 1 is 1.35 bits per heavy atom. The molecule has 2 aromatic heterocycles. The molecule has 2 aromatic rings. The molecule has 0 saturated carbocycles. The van der Waals surface area contributed by atoms with E-state index in [1.807, 2.05) is 25.6 Å². The normalized spacial score (nSPS) is 19.8. The second kappa shape index (κ2) is 7.82. The minimum absolute atomic E-state index is 0.0427. The van der Waals surface area contributed by atoms with Gasteiger partial charge in [0, 0.05) is 63.4 Å². The van der Waals surface area contributed by atoms with E-state index in [9.17, 15) is 4.79 Å². The molecule has 26 heavy (non-hydrogen) atoms. The molecule has 8 nitrogen and oxygen atoms in total. The summed E-state index contributed by atoms with van der Waals surface area (Å²) < 4.78 is 7.18. The summed E-state index contributed by atoms with van der Waals surface area (Å²) in [7, 11) is 3.58. The highest BCUT2D eigenvalue weighted by Gasteiger charge is 2.38. The molecule has 0 aliphatic carbocycles. The van der Waals surface area contributed by atoms with Crippen LogP contribution in [0.25, 0.3) is 0 Å². The summed E-state index contributed by atoms with van der Waals surface area (Å²) in [6.45, 7) is 6.36. The van der Waals surface area contributed by atoms with Crippen molar-refractivity contribution in [2.45, 2.75) is 20.4 Å². The average molecular weight is 358 g/mol. The molecule has 1 amide bonds. The molecule has 0 aromatic carbocycles. The average Bonchev–Trinajstić information content (AvgIpc) is 3.16. The van der Waals surface area contributed by atoms with Crippen LogP contribution in [0.5, 0.6) is 0 Å². The number of hydrogen-bond acceptors (Lipinski definition) is 6. The number of rotatable bonds is 6. The van der Waals surface area contributed by atoms with Gasteiger partial charge in [0.25, 0.3) is 0 Å². The zero-order valence-electron chi connectivity index (χ0n) is 15.8. The van der Waals surface area contributed by atoms with Crippen molar-refractivity contribution in [2.75, 3.05) is 31.7 Å². The van der Waals surface area contributed by atoms with Crippen LogP contribution in [0.3, 0.4) is 0 Å². The smallest absolute Gasteiger partial charge is 0.225 e. The summed E-state index contributed by atoms with van der Waals surface area (Å²) in [5.74, 6) is 0.816. The number of aryl methyl sites for hydroxylation is 2. The van der Waals surface area contributed by atoms with Gasteiger partial charge >= 0.3 is 0 Å². The molecule has 3 rings (SSSR count). The van der Waals surface area contributed by atoms with Crippen LogP contribution in [0.4, 0.5) is 5.82 Å². The van der Waals surface area contributed by atoms with Gasteiger partial charge in [-0.15, -0.1) is 0 Å². The second-order valence-electron chi connectivity index (χ2n) is 6.78. The number of methoxy groups -OCH3 is 1. The van der Waals surface area contributed by atoms with Gasteiger partial charge < -0.3 is 15.0 Å². The van der Waals surface area contributed by atoms with Crippen LogP contribution >= 0.6 is 0 Å². The maximum absolute atomic E-state index is 12.9. The summed E-state index contributed by atoms with van der Waals surface area (Å²) in [4.78, 5) is 23.4. The van der Waals surface area contributed by atoms with Crippen LogP contribution in [0.2, 0.25) is 0 Å². The van der Waals surface area contributed by atoms with Crippen LogP contribution in [0.15, 0.2) is 18.6 Å². The Balaban J connectivity index is 1.68. The molecular formula is C18H26N6O2. The Labute approximate surface area is 153 Å². The van der Waals surface area contributed by atoms with Gasteiger partial charge in [-0.05, 0) is 13.8 Å². The summed E-state index contributed by atoms with van der Waals surface area (Å²) in [5.41, 5.74) is 3.10. The van der Waals surface area contributed by atoms with Gasteiger partial charge in [0.05, 0.1) is 24.4 Å². The van der Waals surface area contributed by atoms with E-state index < -0.39 is 0 Å². The number of ether oxygens (including phenoxy) is 1. The fourth-order valence-corrected chi connectivity index (χ4v) is 3.57. The van der Waals surface area contributed by atoms with Gasteiger partial charge in [-0.25, -0.2) is 4.98 Å². The predicted octanol–water partition coefficient (Wildman–Crippen LogP) is 0.842. The van der Waals surface area contributed by atoms with E-state index >= 15 is 0 Å². The first-order valence-corrected chi connectivity index (χ1v) is 8.78. The fraction of sp³-hybridized carbons (Fsp3) is 0.556. The third-order valence-corrected chi connectivity index (χ3v) is 5.13. The van der Waals surface area contributed by atoms with E-state index in [0.29, 0.717) is 19.7 Å². The van der Waals surface area contributed by atoms with E-state index in [0.717, 1.165) is 29.3 Å². The first-order valence-electron chi connectivity index (χ1n) is 8.78. The lowest BCUT2D eigenvalue weighted by Gasteiger charge is -2.17. The monoisotopic (exact) mass is 358 g/mol. The first-order chi connectivity index (χ1) is 12.5. The molecule has 1 fully saturated rings. The van der Waals surface area contributed by atoms with Gasteiger partial charge in [-0.3, -0.25) is 14.5 Å². The van der Waals surface area contributed by atoms with Crippen molar-refractivity contribution in [3.05, 3.63) is 35.5 Å². The zero-order valence-corrected chi connectivity index (χ0v) is 15.8. The lowest BCUT2D eigenvalue weighted by Crippen LogP contribution is -2.36. The molecule has 0 unspecified atom stereocenters. The van der Waals surface area contributed by atoms with Crippen molar-refractivity contribution < 1.29 is 9.53 Å². The summed E-state index contributed by atoms with van der Waals surface area (Å²) in [6.07, 6.45) is 5.05. The van der Waals surface area contributed by atoms with Crippen LogP contribution in [-0.4, -0.2) is 52.5 Å². The van der Waals surface area contributed by atoms with Crippen molar-refractivity contribution in [1.82, 2.24) is 25.1 Å². The summed E-state index contributed by atoms with van der Waals surface area (Å²) >= 11 is 0. The molecule has 1 aliphatic rings. The van der Waals surface area contributed by atoms with Gasteiger partial charge in [0.2, 0.25) is 5.91 Å². The zero-order chi connectivity index (χ0) is 18.7. The van der Waals surface area contributed by atoms with Gasteiger partial charge in [0.1, 0.15) is 5.82 Å². The van der Waals surface area contributed by atoms with Crippen molar-refractivity contribution in [1.29, 1.82) is 0 Å². The van der Waals surface area contributed by atoms with E-state index in [2.05, 4.69) is 25.3 Å². The Hall–Kier alpha value is -2.48. The van der Waals surface area contributed by atoms with Crippen molar-refractivity contribution >= 4 is 11.7 Å². The molecule has 0 bridgehead atoms. The molecule has 0 spiro atoms. The lowest BCUT2D eigenvalue weighted by atomic mass is 9.96. The number of aromatic nitrogens is 4. The lowest BCUT2D eigenvalue weighted by molar-refractivity contribution is -0.126. The molecule has 140 valence electrons. The Bertz CT molecular complexity index is 761. The number of nitrogens with one attached hydrogen (secondary N) is 1. The third-order valence-electron chi connectivity index (χ3n) is 5.13. The molecular weight excluding hydrogens is 332 g/mol. The van der Waals surface area contributed by atoms with Crippen LogP contribution in [0.1, 0.15) is 17.0 Å². The highest BCUT2D eigenvalue weighted by atomic mass is 16.5. The van der Waals surface area contributed by atoms with Crippen molar-refractivity contribution in [2.24, 2.45) is 18.9 Å². The number of amides is 1. The number of hydrogen-bond donors (Lipinski definition) is 1. The molecule has 1 saturated heterocycles. The van der Waals surface area contributed by atoms with E-state index in [1.54, 1.807) is 25.7 Å². The quantitative estimate of drug-likeness (QED) is 0.824. The molecule has 1 N–H and O–H groups in total. The predicted molar refractivity (Wildman–Crippen MR) is 97.6 cm³/mol. The largest absolute Gasteiger partial charge is 0.384 e. The van der Waals surface area contributed by atoms with Gasteiger partial charge in [0.15, 0.2) is 0 Å². The Kier molecular flexibility index (Phi) is 5.51. The van der Waals surface area contributed by atoms with Crippen molar-refractivity contribution in [3.63, 3.8) is 0 Å². The SMILES string of the molecule is COC[C@@H]1CN(c2cnccn2)C[C@H]1C(=O)NCc1c(C)nn(C)c1C. The fourth-order valence-electron chi connectivity index (χ4n) is 3.57. The number of carbonyl (C=O) groups excluding carboxylic acids is 1. The van der Waals surface area contributed by atoms with Gasteiger partial charge in [-0.1, -0.05) is 0 Å². The highest BCUT2D eigenvalue weighted by molar-refractivity contribution is 5.80. The maximum Gasteiger partial charge on any atom is 0.225 e. The highest BCUT2D eigenvalue weighted by Crippen LogP contribution is 2.27.